The first-order chi connectivity index (χ1) is 9.95. The van der Waals surface area contributed by atoms with Crippen molar-refractivity contribution in [3.63, 3.8) is 0 Å². The van der Waals surface area contributed by atoms with Crippen molar-refractivity contribution in [2.24, 2.45) is 5.92 Å². The minimum absolute atomic E-state index is 0.0284. The van der Waals surface area contributed by atoms with Crippen LogP contribution in [-0.2, 0) is 16.0 Å². The number of benzene rings is 1. The first-order valence-electron chi connectivity index (χ1n) is 6.92. The normalized spacial score (nSPS) is 21.2. The molecule has 0 radical (unpaired) electrons. The second-order valence-corrected chi connectivity index (χ2v) is 6.19. The Balaban J connectivity index is 1.79. The summed E-state index contributed by atoms with van der Waals surface area (Å²) in [7, 11) is 0. The lowest BCUT2D eigenvalue weighted by molar-refractivity contribution is -0.141. The van der Waals surface area contributed by atoms with Gasteiger partial charge in [0.1, 0.15) is 0 Å². The zero-order valence-corrected chi connectivity index (χ0v) is 13.0. The highest BCUT2D eigenvalue weighted by Crippen LogP contribution is 2.26. The van der Waals surface area contributed by atoms with E-state index >= 15 is 0 Å². The molecule has 1 aliphatic rings. The molecule has 1 aliphatic carbocycles. The van der Waals surface area contributed by atoms with Crippen LogP contribution in [0.25, 0.3) is 0 Å². The third kappa shape index (κ3) is 4.61. The number of carboxylic acids is 1. The van der Waals surface area contributed by atoms with E-state index in [2.05, 4.69) is 5.32 Å². The minimum atomic E-state index is -0.778. The summed E-state index contributed by atoms with van der Waals surface area (Å²) in [5.41, 5.74) is 0.881. The number of rotatable bonds is 5. The Bertz CT molecular complexity index is 548. The average molecular weight is 330 g/mol. The van der Waals surface area contributed by atoms with Gasteiger partial charge < -0.3 is 10.4 Å². The van der Waals surface area contributed by atoms with Crippen LogP contribution in [0.2, 0.25) is 10.0 Å². The van der Waals surface area contributed by atoms with Gasteiger partial charge >= 0.3 is 5.97 Å². The molecule has 4 nitrogen and oxygen atoms in total. The van der Waals surface area contributed by atoms with Gasteiger partial charge in [0.05, 0.1) is 5.92 Å². The van der Waals surface area contributed by atoms with Crippen LogP contribution >= 0.6 is 23.2 Å². The molecule has 0 aromatic heterocycles. The Labute approximate surface area is 133 Å². The van der Waals surface area contributed by atoms with E-state index in [1.54, 1.807) is 12.1 Å². The molecular weight excluding hydrogens is 313 g/mol. The summed E-state index contributed by atoms with van der Waals surface area (Å²) < 4.78 is 0. The molecular formula is C15H17Cl2NO3. The summed E-state index contributed by atoms with van der Waals surface area (Å²) >= 11 is 11.9. The van der Waals surface area contributed by atoms with E-state index in [0.717, 1.165) is 12.0 Å². The summed E-state index contributed by atoms with van der Waals surface area (Å²) in [6.07, 6.45) is 2.74. The Hall–Kier alpha value is -1.26. The second kappa shape index (κ2) is 7.14. The predicted octanol–water partition coefficient (Wildman–Crippen LogP) is 3.30. The van der Waals surface area contributed by atoms with Gasteiger partial charge in [0.2, 0.25) is 5.91 Å². The molecule has 1 aromatic carbocycles. The Morgan fingerprint density at radius 2 is 2.05 bits per heavy atom. The highest BCUT2D eigenvalue weighted by Gasteiger charge is 2.30. The Kier molecular flexibility index (Phi) is 5.48. The lowest BCUT2D eigenvalue weighted by Gasteiger charge is -2.12. The van der Waals surface area contributed by atoms with Crippen LogP contribution in [0.3, 0.4) is 0 Å². The number of nitrogens with one attached hydrogen (secondary N) is 1. The van der Waals surface area contributed by atoms with Crippen molar-refractivity contribution < 1.29 is 14.7 Å². The van der Waals surface area contributed by atoms with Crippen molar-refractivity contribution in [3.8, 4) is 0 Å². The maximum absolute atomic E-state index is 11.9. The highest BCUT2D eigenvalue weighted by molar-refractivity contribution is 6.35. The fourth-order valence-corrected chi connectivity index (χ4v) is 3.11. The van der Waals surface area contributed by atoms with E-state index in [-0.39, 0.29) is 17.9 Å². The van der Waals surface area contributed by atoms with Crippen LogP contribution in [-0.4, -0.2) is 23.0 Å². The molecule has 2 atom stereocenters. The van der Waals surface area contributed by atoms with Crippen LogP contribution in [0.1, 0.15) is 31.2 Å². The molecule has 0 spiro atoms. The Morgan fingerprint density at radius 3 is 2.67 bits per heavy atom. The standard InChI is InChI=1S/C15H17Cl2NO3/c16-11-4-1-9(13(17)8-11)3-6-14(19)18-12-5-2-10(7-12)15(20)21/h1,4,8,10,12H,2-3,5-7H2,(H,18,19)(H,20,21)/t10-,12+/m0/s1. The van der Waals surface area contributed by atoms with Crippen molar-refractivity contribution in [2.75, 3.05) is 0 Å². The van der Waals surface area contributed by atoms with Gasteiger partial charge in [-0.2, -0.15) is 0 Å². The van der Waals surface area contributed by atoms with Crippen LogP contribution in [0.15, 0.2) is 18.2 Å². The molecule has 6 heteroatoms. The van der Waals surface area contributed by atoms with E-state index in [1.165, 1.54) is 0 Å². The van der Waals surface area contributed by atoms with Crippen LogP contribution in [0.4, 0.5) is 0 Å². The molecule has 0 aliphatic heterocycles. The third-order valence-corrected chi connectivity index (χ3v) is 4.37. The quantitative estimate of drug-likeness (QED) is 0.870. The van der Waals surface area contributed by atoms with Gasteiger partial charge in [0.15, 0.2) is 0 Å². The van der Waals surface area contributed by atoms with Gasteiger partial charge in [0.25, 0.3) is 0 Å². The number of amides is 1. The van der Waals surface area contributed by atoms with Gasteiger partial charge in [-0.05, 0) is 43.4 Å². The number of halogens is 2. The number of aryl methyl sites for hydroxylation is 1. The van der Waals surface area contributed by atoms with Gasteiger partial charge in [-0.1, -0.05) is 29.3 Å². The molecule has 21 heavy (non-hydrogen) atoms. The van der Waals surface area contributed by atoms with Crippen molar-refractivity contribution in [3.05, 3.63) is 33.8 Å². The zero-order chi connectivity index (χ0) is 15.4. The first-order valence-corrected chi connectivity index (χ1v) is 7.67. The number of carbonyl (C=O) groups is 2. The van der Waals surface area contributed by atoms with Crippen LogP contribution in [0, 0.1) is 5.92 Å². The Morgan fingerprint density at radius 1 is 1.29 bits per heavy atom. The fourth-order valence-electron chi connectivity index (χ4n) is 2.61. The van der Waals surface area contributed by atoms with Crippen molar-refractivity contribution in [1.29, 1.82) is 0 Å². The number of carboxylic acid groups (broad SMARTS) is 1. The molecule has 2 rings (SSSR count). The van der Waals surface area contributed by atoms with E-state index in [0.29, 0.717) is 35.7 Å². The summed E-state index contributed by atoms with van der Waals surface area (Å²) in [5.74, 6) is -1.18. The summed E-state index contributed by atoms with van der Waals surface area (Å²) in [6, 6.07) is 5.19. The monoisotopic (exact) mass is 329 g/mol. The predicted molar refractivity (Wildman–Crippen MR) is 81.7 cm³/mol. The molecule has 1 fully saturated rings. The van der Waals surface area contributed by atoms with Gasteiger partial charge in [-0.15, -0.1) is 0 Å². The van der Waals surface area contributed by atoms with Gasteiger partial charge in [-0.3, -0.25) is 9.59 Å². The fraction of sp³-hybridized carbons (Fsp3) is 0.467. The lowest BCUT2D eigenvalue weighted by Crippen LogP contribution is -2.33. The van der Waals surface area contributed by atoms with E-state index in [1.807, 2.05) is 6.07 Å². The highest BCUT2D eigenvalue weighted by atomic mass is 35.5. The molecule has 0 heterocycles. The van der Waals surface area contributed by atoms with Crippen molar-refractivity contribution in [2.45, 2.75) is 38.1 Å². The molecule has 0 saturated heterocycles. The minimum Gasteiger partial charge on any atom is -0.481 e. The topological polar surface area (TPSA) is 66.4 Å². The van der Waals surface area contributed by atoms with Gasteiger partial charge in [0, 0.05) is 22.5 Å². The smallest absolute Gasteiger partial charge is 0.306 e. The van der Waals surface area contributed by atoms with E-state index in [4.69, 9.17) is 28.3 Å². The molecule has 1 amide bonds. The number of aliphatic carboxylic acids is 1. The maximum Gasteiger partial charge on any atom is 0.306 e. The first kappa shape index (κ1) is 16.1. The largest absolute Gasteiger partial charge is 0.481 e. The molecule has 0 unspecified atom stereocenters. The van der Waals surface area contributed by atoms with Crippen molar-refractivity contribution >= 4 is 35.1 Å². The zero-order valence-electron chi connectivity index (χ0n) is 11.4. The van der Waals surface area contributed by atoms with Crippen LogP contribution < -0.4 is 5.32 Å². The van der Waals surface area contributed by atoms with Gasteiger partial charge in [-0.25, -0.2) is 0 Å². The van der Waals surface area contributed by atoms with E-state index < -0.39 is 5.97 Å². The molecule has 114 valence electrons. The second-order valence-electron chi connectivity index (χ2n) is 5.35. The molecule has 1 saturated carbocycles. The van der Waals surface area contributed by atoms with E-state index in [9.17, 15) is 9.59 Å². The number of hydrogen-bond acceptors (Lipinski definition) is 2. The molecule has 2 N–H and O–H groups in total. The number of carbonyl (C=O) groups excluding carboxylic acids is 1. The summed E-state index contributed by atoms with van der Waals surface area (Å²) in [5, 5.41) is 13.0. The lowest BCUT2D eigenvalue weighted by atomic mass is 10.1. The summed E-state index contributed by atoms with van der Waals surface area (Å²) in [4.78, 5) is 22.8. The molecule has 0 bridgehead atoms. The summed E-state index contributed by atoms with van der Waals surface area (Å²) in [6.45, 7) is 0. The van der Waals surface area contributed by atoms with Crippen molar-refractivity contribution in [1.82, 2.24) is 5.32 Å². The third-order valence-electron chi connectivity index (χ3n) is 3.78. The number of hydrogen-bond donors (Lipinski definition) is 2. The molecule has 1 aromatic rings. The van der Waals surface area contributed by atoms with Crippen LogP contribution in [0.5, 0.6) is 0 Å². The maximum atomic E-state index is 11.9. The average Bonchev–Trinajstić information content (AvgIpc) is 2.86. The SMILES string of the molecule is O=C(CCc1ccc(Cl)cc1Cl)N[C@@H]1CC[C@H](C(=O)O)C1.